The highest BCUT2D eigenvalue weighted by molar-refractivity contribution is 5.96. The molecule has 0 spiro atoms. The zero-order valence-electron chi connectivity index (χ0n) is 16.9. The number of pyridine rings is 2. The standard InChI is InChI=1S/C24H20FN3O3/c1-29-11-8-15-2-4-18-19(12-15)28-23(16-3-5-20-21(13-16)31-14-30-20)22(25)24(18)27-17-6-9-26-10-7-17/h2-7,9-10,12-13H,8,11,14H2,1H3,(H,26,27,28). The number of nitrogens with zero attached hydrogens (tertiary/aromatic N) is 2. The van der Waals surface area contributed by atoms with Gasteiger partial charge in [-0.25, -0.2) is 9.37 Å². The van der Waals surface area contributed by atoms with Crippen LogP contribution in [0.4, 0.5) is 15.8 Å². The maximum atomic E-state index is 15.8. The summed E-state index contributed by atoms with van der Waals surface area (Å²) in [6.07, 6.45) is 4.06. The van der Waals surface area contributed by atoms with Crippen LogP contribution in [-0.4, -0.2) is 30.5 Å². The fraction of sp³-hybridized carbons (Fsp3) is 0.167. The number of fused-ring (bicyclic) bond motifs is 2. The third-order valence-electron chi connectivity index (χ3n) is 5.18. The van der Waals surface area contributed by atoms with Crippen molar-refractivity contribution in [3.63, 3.8) is 0 Å². The minimum absolute atomic E-state index is 0.157. The Morgan fingerprint density at radius 3 is 2.71 bits per heavy atom. The molecular formula is C24H20FN3O3. The van der Waals surface area contributed by atoms with Crippen LogP contribution in [0, 0.1) is 5.82 Å². The lowest BCUT2D eigenvalue weighted by atomic mass is 10.0. The molecule has 156 valence electrons. The molecule has 0 bridgehead atoms. The van der Waals surface area contributed by atoms with E-state index in [0.717, 1.165) is 17.7 Å². The molecule has 1 aliphatic rings. The molecule has 3 heterocycles. The van der Waals surface area contributed by atoms with E-state index < -0.39 is 5.82 Å². The minimum Gasteiger partial charge on any atom is -0.454 e. The number of hydrogen-bond acceptors (Lipinski definition) is 6. The van der Waals surface area contributed by atoms with Crippen LogP contribution in [0.5, 0.6) is 11.5 Å². The highest BCUT2D eigenvalue weighted by atomic mass is 19.1. The number of ether oxygens (including phenoxy) is 3. The van der Waals surface area contributed by atoms with Crippen LogP contribution >= 0.6 is 0 Å². The summed E-state index contributed by atoms with van der Waals surface area (Å²) >= 11 is 0. The normalized spacial score (nSPS) is 12.3. The molecule has 0 saturated carbocycles. The molecule has 0 unspecified atom stereocenters. The van der Waals surface area contributed by atoms with Gasteiger partial charge in [-0.3, -0.25) is 4.98 Å². The molecule has 1 aliphatic heterocycles. The van der Waals surface area contributed by atoms with Crippen molar-refractivity contribution in [2.45, 2.75) is 6.42 Å². The topological polar surface area (TPSA) is 65.5 Å². The van der Waals surface area contributed by atoms with E-state index in [9.17, 15) is 0 Å². The first-order valence-corrected chi connectivity index (χ1v) is 9.91. The van der Waals surface area contributed by atoms with Gasteiger partial charge in [0.1, 0.15) is 5.69 Å². The van der Waals surface area contributed by atoms with Crippen LogP contribution in [0.3, 0.4) is 0 Å². The summed E-state index contributed by atoms with van der Waals surface area (Å²) in [7, 11) is 1.67. The van der Waals surface area contributed by atoms with Crippen molar-refractivity contribution in [2.75, 3.05) is 25.8 Å². The van der Waals surface area contributed by atoms with Gasteiger partial charge < -0.3 is 19.5 Å². The second kappa shape index (κ2) is 8.20. The van der Waals surface area contributed by atoms with Gasteiger partial charge in [0.05, 0.1) is 17.8 Å². The fourth-order valence-corrected chi connectivity index (χ4v) is 3.60. The number of halogens is 1. The second-order valence-electron chi connectivity index (χ2n) is 7.17. The van der Waals surface area contributed by atoms with Gasteiger partial charge in [-0.05, 0) is 48.4 Å². The predicted molar refractivity (Wildman–Crippen MR) is 116 cm³/mol. The number of hydrogen-bond donors (Lipinski definition) is 1. The molecule has 7 heteroatoms. The van der Waals surface area contributed by atoms with Crippen molar-refractivity contribution < 1.29 is 18.6 Å². The van der Waals surface area contributed by atoms with Gasteiger partial charge in [-0.1, -0.05) is 12.1 Å². The van der Waals surface area contributed by atoms with E-state index in [0.29, 0.717) is 40.3 Å². The van der Waals surface area contributed by atoms with Crippen LogP contribution in [0.15, 0.2) is 60.9 Å². The van der Waals surface area contributed by atoms with E-state index in [1.54, 1.807) is 49.8 Å². The number of nitrogens with one attached hydrogen (secondary N) is 1. The van der Waals surface area contributed by atoms with E-state index in [1.807, 2.05) is 18.2 Å². The molecule has 5 rings (SSSR count). The fourth-order valence-electron chi connectivity index (χ4n) is 3.60. The van der Waals surface area contributed by atoms with E-state index in [4.69, 9.17) is 14.2 Å². The van der Waals surface area contributed by atoms with Crippen molar-refractivity contribution in [1.82, 2.24) is 9.97 Å². The molecule has 2 aromatic heterocycles. The summed E-state index contributed by atoms with van der Waals surface area (Å²) in [5.74, 6) is 0.783. The number of methoxy groups -OCH3 is 1. The SMILES string of the molecule is COCCc1ccc2c(Nc3ccncc3)c(F)c(-c3ccc4c(c3)OCO4)nc2c1. The van der Waals surface area contributed by atoms with Gasteiger partial charge in [0, 0.05) is 36.1 Å². The lowest BCUT2D eigenvalue weighted by molar-refractivity contribution is 0.174. The third kappa shape index (κ3) is 3.75. The molecule has 0 saturated heterocycles. The van der Waals surface area contributed by atoms with Crippen LogP contribution in [-0.2, 0) is 11.2 Å². The first kappa shape index (κ1) is 19.3. The Morgan fingerprint density at radius 2 is 1.87 bits per heavy atom. The Kier molecular flexibility index (Phi) is 5.09. The van der Waals surface area contributed by atoms with Gasteiger partial charge in [0.2, 0.25) is 6.79 Å². The maximum absolute atomic E-state index is 15.8. The third-order valence-corrected chi connectivity index (χ3v) is 5.18. The molecule has 0 aliphatic carbocycles. The smallest absolute Gasteiger partial charge is 0.231 e. The average molecular weight is 417 g/mol. The lowest BCUT2D eigenvalue weighted by Crippen LogP contribution is -2.02. The number of anilines is 2. The monoisotopic (exact) mass is 417 g/mol. The summed E-state index contributed by atoms with van der Waals surface area (Å²) in [4.78, 5) is 8.70. The van der Waals surface area contributed by atoms with E-state index in [2.05, 4.69) is 15.3 Å². The van der Waals surface area contributed by atoms with Crippen molar-refractivity contribution >= 4 is 22.3 Å². The molecule has 0 radical (unpaired) electrons. The Balaban J connectivity index is 1.67. The van der Waals surface area contributed by atoms with Crippen LogP contribution in [0.25, 0.3) is 22.2 Å². The summed E-state index contributed by atoms with van der Waals surface area (Å²) < 4.78 is 31.8. The lowest BCUT2D eigenvalue weighted by Gasteiger charge is -2.15. The largest absolute Gasteiger partial charge is 0.454 e. The summed E-state index contributed by atoms with van der Waals surface area (Å²) in [6, 6.07) is 14.7. The van der Waals surface area contributed by atoms with Gasteiger partial charge in [-0.15, -0.1) is 0 Å². The average Bonchev–Trinajstić information content (AvgIpc) is 3.28. The summed E-state index contributed by atoms with van der Waals surface area (Å²) in [5, 5.41) is 3.90. The Labute approximate surface area is 178 Å². The first-order valence-electron chi connectivity index (χ1n) is 9.91. The highest BCUT2D eigenvalue weighted by Crippen LogP contribution is 2.39. The van der Waals surface area contributed by atoms with Crippen LogP contribution < -0.4 is 14.8 Å². The number of rotatable bonds is 6. The quantitative estimate of drug-likeness (QED) is 0.471. The van der Waals surface area contributed by atoms with Crippen LogP contribution in [0.2, 0.25) is 0 Å². The molecule has 2 aromatic carbocycles. The van der Waals surface area contributed by atoms with Crippen LogP contribution in [0.1, 0.15) is 5.56 Å². The first-order chi connectivity index (χ1) is 15.2. The van der Waals surface area contributed by atoms with Gasteiger partial charge in [-0.2, -0.15) is 0 Å². The number of aromatic nitrogens is 2. The van der Waals surface area contributed by atoms with Crippen molar-refractivity contribution in [3.8, 4) is 22.8 Å². The predicted octanol–water partition coefficient (Wildman–Crippen LogP) is 5.10. The van der Waals surface area contributed by atoms with Gasteiger partial charge in [0.15, 0.2) is 17.3 Å². The molecule has 0 fully saturated rings. The van der Waals surface area contributed by atoms with Crippen molar-refractivity contribution in [2.24, 2.45) is 0 Å². The molecule has 0 atom stereocenters. The molecule has 4 aromatic rings. The molecule has 0 amide bonds. The summed E-state index contributed by atoms with van der Waals surface area (Å²) in [6.45, 7) is 0.758. The van der Waals surface area contributed by atoms with E-state index in [-0.39, 0.29) is 12.5 Å². The molecule has 6 nitrogen and oxygen atoms in total. The zero-order valence-corrected chi connectivity index (χ0v) is 16.9. The Bertz CT molecular complexity index is 1250. The van der Waals surface area contributed by atoms with E-state index >= 15 is 4.39 Å². The van der Waals surface area contributed by atoms with Gasteiger partial charge >= 0.3 is 0 Å². The van der Waals surface area contributed by atoms with E-state index in [1.165, 1.54) is 0 Å². The van der Waals surface area contributed by atoms with Crippen molar-refractivity contribution in [3.05, 3.63) is 72.3 Å². The zero-order chi connectivity index (χ0) is 21.2. The highest BCUT2D eigenvalue weighted by Gasteiger charge is 2.20. The van der Waals surface area contributed by atoms with Crippen molar-refractivity contribution in [1.29, 1.82) is 0 Å². The second-order valence-corrected chi connectivity index (χ2v) is 7.17. The minimum atomic E-state index is -0.437. The Morgan fingerprint density at radius 1 is 1.03 bits per heavy atom. The maximum Gasteiger partial charge on any atom is 0.231 e. The molecular weight excluding hydrogens is 397 g/mol. The molecule has 1 N–H and O–H groups in total. The molecule has 31 heavy (non-hydrogen) atoms. The Hall–Kier alpha value is -3.71. The summed E-state index contributed by atoms with van der Waals surface area (Å²) in [5.41, 5.74) is 3.72. The van der Waals surface area contributed by atoms with Gasteiger partial charge in [0.25, 0.3) is 0 Å². The number of benzene rings is 2.